The molecular formula is C18H17Cl2NO3. The Bertz CT molecular complexity index is 716. The molecule has 1 amide bonds. The number of amides is 1. The maximum Gasteiger partial charge on any atom is 0.220 e. The number of hydrogen-bond donors (Lipinski definition) is 1. The van der Waals surface area contributed by atoms with Crippen LogP contribution >= 0.6 is 23.2 Å². The van der Waals surface area contributed by atoms with Gasteiger partial charge in [-0.2, -0.15) is 0 Å². The second-order valence-electron chi connectivity index (χ2n) is 5.50. The predicted octanol–water partition coefficient (Wildman–Crippen LogP) is 3.88. The quantitative estimate of drug-likeness (QED) is 0.874. The SMILES string of the molecule is O=C(CCc1c(Cl)cccc1Cl)NC[C@H]1COc2ccccc2O1. The number of ether oxygens (including phenoxy) is 2. The lowest BCUT2D eigenvalue weighted by atomic mass is 10.1. The van der Waals surface area contributed by atoms with Gasteiger partial charge in [-0.3, -0.25) is 4.79 Å². The van der Waals surface area contributed by atoms with Gasteiger partial charge in [0.2, 0.25) is 5.91 Å². The van der Waals surface area contributed by atoms with Gasteiger partial charge < -0.3 is 14.8 Å². The number of para-hydroxylation sites is 2. The molecule has 3 rings (SSSR count). The molecule has 6 heteroatoms. The van der Waals surface area contributed by atoms with Crippen LogP contribution in [0.2, 0.25) is 10.0 Å². The van der Waals surface area contributed by atoms with Crippen molar-refractivity contribution < 1.29 is 14.3 Å². The lowest BCUT2D eigenvalue weighted by molar-refractivity contribution is -0.121. The minimum atomic E-state index is -0.201. The second-order valence-corrected chi connectivity index (χ2v) is 6.32. The monoisotopic (exact) mass is 365 g/mol. The van der Waals surface area contributed by atoms with Gasteiger partial charge in [0.05, 0.1) is 6.54 Å². The zero-order valence-corrected chi connectivity index (χ0v) is 14.4. The van der Waals surface area contributed by atoms with Crippen LogP contribution in [0.3, 0.4) is 0 Å². The van der Waals surface area contributed by atoms with Crippen molar-refractivity contribution in [2.45, 2.75) is 18.9 Å². The van der Waals surface area contributed by atoms with Gasteiger partial charge in [-0.1, -0.05) is 41.4 Å². The lowest BCUT2D eigenvalue weighted by Gasteiger charge is -2.26. The number of halogens is 2. The second kappa shape index (κ2) is 7.77. The van der Waals surface area contributed by atoms with E-state index in [4.69, 9.17) is 32.7 Å². The summed E-state index contributed by atoms with van der Waals surface area (Å²) >= 11 is 12.2. The van der Waals surface area contributed by atoms with E-state index in [9.17, 15) is 4.79 Å². The zero-order valence-electron chi connectivity index (χ0n) is 12.9. The molecule has 0 spiro atoms. The Morgan fingerprint density at radius 2 is 1.79 bits per heavy atom. The molecule has 0 fully saturated rings. The molecule has 0 saturated carbocycles. The molecule has 1 heterocycles. The van der Waals surface area contributed by atoms with Gasteiger partial charge in [-0.05, 0) is 36.2 Å². The molecule has 0 unspecified atom stereocenters. The summed E-state index contributed by atoms with van der Waals surface area (Å²) in [6, 6.07) is 12.8. The fraction of sp³-hybridized carbons (Fsp3) is 0.278. The van der Waals surface area contributed by atoms with Gasteiger partial charge in [-0.25, -0.2) is 0 Å². The van der Waals surface area contributed by atoms with Crippen molar-refractivity contribution in [3.8, 4) is 11.5 Å². The van der Waals surface area contributed by atoms with Crippen LogP contribution in [0, 0.1) is 0 Å². The van der Waals surface area contributed by atoms with Crippen LogP contribution in [0.4, 0.5) is 0 Å². The molecule has 0 bridgehead atoms. The Kier molecular flexibility index (Phi) is 5.48. The molecule has 0 saturated heterocycles. The van der Waals surface area contributed by atoms with Crippen molar-refractivity contribution in [2.24, 2.45) is 0 Å². The molecule has 2 aromatic carbocycles. The van der Waals surface area contributed by atoms with Crippen molar-refractivity contribution in [1.82, 2.24) is 5.32 Å². The van der Waals surface area contributed by atoms with E-state index in [0.717, 1.165) is 11.3 Å². The van der Waals surface area contributed by atoms with E-state index >= 15 is 0 Å². The van der Waals surface area contributed by atoms with Crippen LogP contribution in [0.1, 0.15) is 12.0 Å². The van der Waals surface area contributed by atoms with Crippen molar-refractivity contribution >= 4 is 29.1 Å². The molecule has 1 aliphatic heterocycles. The summed E-state index contributed by atoms with van der Waals surface area (Å²) in [5.41, 5.74) is 0.794. The number of rotatable bonds is 5. The highest BCUT2D eigenvalue weighted by atomic mass is 35.5. The molecule has 24 heavy (non-hydrogen) atoms. The number of carbonyl (C=O) groups excluding carboxylic acids is 1. The summed E-state index contributed by atoms with van der Waals surface area (Å²) in [6.07, 6.45) is 0.607. The highest BCUT2D eigenvalue weighted by Crippen LogP contribution is 2.30. The molecule has 0 radical (unpaired) electrons. The molecule has 0 aromatic heterocycles. The van der Waals surface area contributed by atoms with Crippen molar-refractivity contribution in [2.75, 3.05) is 13.2 Å². The molecule has 1 aliphatic rings. The first-order valence-electron chi connectivity index (χ1n) is 7.71. The van der Waals surface area contributed by atoms with Crippen LogP contribution in [0.5, 0.6) is 11.5 Å². The Morgan fingerprint density at radius 3 is 2.54 bits per heavy atom. The number of carbonyl (C=O) groups is 1. The van der Waals surface area contributed by atoms with E-state index in [-0.39, 0.29) is 12.0 Å². The summed E-state index contributed by atoms with van der Waals surface area (Å²) in [6.45, 7) is 0.803. The first-order chi connectivity index (χ1) is 11.6. The van der Waals surface area contributed by atoms with E-state index in [0.29, 0.717) is 41.8 Å². The molecule has 0 aliphatic carbocycles. The van der Waals surface area contributed by atoms with Gasteiger partial charge >= 0.3 is 0 Å². The zero-order chi connectivity index (χ0) is 16.9. The van der Waals surface area contributed by atoms with Crippen LogP contribution in [-0.2, 0) is 11.2 Å². The molecule has 1 atom stereocenters. The van der Waals surface area contributed by atoms with Crippen LogP contribution in [0.15, 0.2) is 42.5 Å². The van der Waals surface area contributed by atoms with Crippen molar-refractivity contribution in [3.63, 3.8) is 0 Å². The third-order valence-electron chi connectivity index (χ3n) is 3.76. The van der Waals surface area contributed by atoms with Crippen LogP contribution < -0.4 is 14.8 Å². The third kappa shape index (κ3) is 4.13. The predicted molar refractivity (Wildman–Crippen MR) is 94.1 cm³/mol. The van der Waals surface area contributed by atoms with E-state index in [1.807, 2.05) is 24.3 Å². The Morgan fingerprint density at radius 1 is 1.08 bits per heavy atom. The van der Waals surface area contributed by atoms with Gasteiger partial charge in [0.1, 0.15) is 12.7 Å². The van der Waals surface area contributed by atoms with Crippen molar-refractivity contribution in [3.05, 3.63) is 58.1 Å². The summed E-state index contributed by atoms with van der Waals surface area (Å²) in [4.78, 5) is 12.0. The van der Waals surface area contributed by atoms with Gasteiger partial charge in [0.25, 0.3) is 0 Å². The highest BCUT2D eigenvalue weighted by molar-refractivity contribution is 6.36. The average molecular weight is 366 g/mol. The summed E-state index contributed by atoms with van der Waals surface area (Å²) < 4.78 is 11.4. The Labute approximate surface area is 150 Å². The van der Waals surface area contributed by atoms with Crippen LogP contribution in [0.25, 0.3) is 0 Å². The molecule has 4 nitrogen and oxygen atoms in total. The minimum absolute atomic E-state index is 0.0755. The smallest absolute Gasteiger partial charge is 0.220 e. The maximum atomic E-state index is 12.0. The number of nitrogens with one attached hydrogen (secondary N) is 1. The molecule has 1 N–H and O–H groups in total. The fourth-order valence-corrected chi connectivity index (χ4v) is 3.08. The fourth-order valence-electron chi connectivity index (χ4n) is 2.49. The van der Waals surface area contributed by atoms with E-state index in [1.165, 1.54) is 0 Å². The molecule has 126 valence electrons. The largest absolute Gasteiger partial charge is 0.486 e. The van der Waals surface area contributed by atoms with Gasteiger partial charge in [0.15, 0.2) is 11.5 Å². The maximum absolute atomic E-state index is 12.0. The average Bonchev–Trinajstić information content (AvgIpc) is 2.59. The first-order valence-corrected chi connectivity index (χ1v) is 8.47. The van der Waals surface area contributed by atoms with Gasteiger partial charge in [-0.15, -0.1) is 0 Å². The number of fused-ring (bicyclic) bond motifs is 1. The van der Waals surface area contributed by atoms with Gasteiger partial charge in [0, 0.05) is 16.5 Å². The van der Waals surface area contributed by atoms with E-state index in [2.05, 4.69) is 5.32 Å². The summed E-state index contributed by atoms with van der Waals surface area (Å²) in [5.74, 6) is 1.35. The first kappa shape index (κ1) is 16.9. The lowest BCUT2D eigenvalue weighted by Crippen LogP contribution is -2.40. The Hall–Kier alpha value is -1.91. The standard InChI is InChI=1S/C18H17Cl2NO3/c19-14-4-3-5-15(20)13(14)8-9-18(22)21-10-12-11-23-16-6-1-2-7-17(16)24-12/h1-7,12H,8-11H2,(H,21,22)/t12-/m0/s1. The minimum Gasteiger partial charge on any atom is -0.486 e. The molecule has 2 aromatic rings. The Balaban J connectivity index is 1.47. The third-order valence-corrected chi connectivity index (χ3v) is 4.47. The summed E-state index contributed by atoms with van der Waals surface area (Å²) in [5, 5.41) is 4.02. The van der Waals surface area contributed by atoms with Crippen LogP contribution in [-0.4, -0.2) is 25.2 Å². The number of benzene rings is 2. The topological polar surface area (TPSA) is 47.6 Å². The molecular weight excluding hydrogens is 349 g/mol. The van der Waals surface area contributed by atoms with E-state index < -0.39 is 0 Å². The van der Waals surface area contributed by atoms with Crippen molar-refractivity contribution in [1.29, 1.82) is 0 Å². The van der Waals surface area contributed by atoms with E-state index in [1.54, 1.807) is 18.2 Å². The normalized spacial score (nSPS) is 15.8. The number of hydrogen-bond acceptors (Lipinski definition) is 3. The summed E-state index contributed by atoms with van der Waals surface area (Å²) in [7, 11) is 0. The highest BCUT2D eigenvalue weighted by Gasteiger charge is 2.21.